The van der Waals surface area contributed by atoms with Crippen LogP contribution in [0.4, 0.5) is 0 Å². The third-order valence-electron chi connectivity index (χ3n) is 4.02. The lowest BCUT2D eigenvalue weighted by Gasteiger charge is -2.30. The first-order valence-corrected chi connectivity index (χ1v) is 7.01. The first-order chi connectivity index (χ1) is 8.74. The zero-order valence-corrected chi connectivity index (χ0v) is 11.8. The maximum absolute atomic E-state index is 5.44. The minimum Gasteiger partial charge on any atom is -0.381 e. The zero-order valence-electron chi connectivity index (χ0n) is 11.8. The molecule has 1 unspecified atom stereocenters. The molecule has 1 saturated heterocycles. The third-order valence-corrected chi connectivity index (χ3v) is 4.02. The number of likely N-dealkylation sites (N-methyl/N-ethyl adjacent to an activating group) is 1. The van der Waals surface area contributed by atoms with Crippen LogP contribution in [-0.4, -0.2) is 36.1 Å². The molecule has 1 atom stereocenters. The number of nitrogens with zero attached hydrogens (tertiary/aromatic N) is 2. The highest BCUT2D eigenvalue weighted by Gasteiger charge is 2.24. The molecule has 0 aromatic carbocycles. The molecule has 0 amide bonds. The van der Waals surface area contributed by atoms with Crippen molar-refractivity contribution in [2.75, 3.05) is 20.3 Å². The van der Waals surface area contributed by atoms with Gasteiger partial charge in [-0.1, -0.05) is 6.92 Å². The van der Waals surface area contributed by atoms with E-state index in [9.17, 15) is 0 Å². The van der Waals surface area contributed by atoms with Gasteiger partial charge in [-0.3, -0.25) is 4.68 Å². The van der Waals surface area contributed by atoms with Gasteiger partial charge in [0.05, 0.1) is 5.69 Å². The lowest BCUT2D eigenvalue weighted by Crippen LogP contribution is -2.39. The lowest BCUT2D eigenvalue weighted by atomic mass is 9.89. The number of aromatic nitrogens is 2. The lowest BCUT2D eigenvalue weighted by molar-refractivity contribution is 0.0545. The predicted octanol–water partition coefficient (Wildman–Crippen LogP) is 1.54. The number of aryl methyl sites for hydroxylation is 2. The van der Waals surface area contributed by atoms with Gasteiger partial charge in [-0.05, 0) is 38.3 Å². The molecule has 0 aliphatic carbocycles. The van der Waals surface area contributed by atoms with Crippen molar-refractivity contribution in [3.63, 3.8) is 0 Å². The summed E-state index contributed by atoms with van der Waals surface area (Å²) in [5.74, 6) is 0.726. The number of hydrogen-bond donors (Lipinski definition) is 1. The largest absolute Gasteiger partial charge is 0.381 e. The van der Waals surface area contributed by atoms with E-state index in [1.807, 2.05) is 11.7 Å². The van der Waals surface area contributed by atoms with Gasteiger partial charge in [-0.25, -0.2) is 0 Å². The van der Waals surface area contributed by atoms with Gasteiger partial charge in [0, 0.05) is 38.4 Å². The van der Waals surface area contributed by atoms with E-state index in [0.717, 1.165) is 32.0 Å². The Morgan fingerprint density at radius 3 is 2.78 bits per heavy atom. The van der Waals surface area contributed by atoms with E-state index in [2.05, 4.69) is 30.5 Å². The quantitative estimate of drug-likeness (QED) is 0.863. The smallest absolute Gasteiger partial charge is 0.0624 e. The van der Waals surface area contributed by atoms with Crippen molar-refractivity contribution >= 4 is 0 Å². The highest BCUT2D eigenvalue weighted by molar-refractivity contribution is 5.12. The van der Waals surface area contributed by atoms with Gasteiger partial charge in [0.25, 0.3) is 0 Å². The van der Waals surface area contributed by atoms with Gasteiger partial charge < -0.3 is 10.1 Å². The normalized spacial score (nSPS) is 19.1. The van der Waals surface area contributed by atoms with E-state index in [0.29, 0.717) is 6.04 Å². The molecule has 0 saturated carbocycles. The van der Waals surface area contributed by atoms with Gasteiger partial charge in [0.1, 0.15) is 0 Å². The maximum atomic E-state index is 5.44. The molecule has 4 nitrogen and oxygen atoms in total. The number of rotatable bonds is 5. The van der Waals surface area contributed by atoms with Crippen LogP contribution < -0.4 is 5.32 Å². The van der Waals surface area contributed by atoms with Crippen molar-refractivity contribution in [3.8, 4) is 0 Å². The number of hydrogen-bond acceptors (Lipinski definition) is 3. The molecule has 1 aromatic rings. The second-order valence-corrected chi connectivity index (χ2v) is 5.15. The molecule has 1 aliphatic heterocycles. The van der Waals surface area contributed by atoms with Crippen LogP contribution in [0.5, 0.6) is 0 Å². The molecule has 18 heavy (non-hydrogen) atoms. The van der Waals surface area contributed by atoms with Crippen LogP contribution in [0.1, 0.15) is 31.2 Å². The van der Waals surface area contributed by atoms with Crippen molar-refractivity contribution in [2.24, 2.45) is 13.0 Å². The van der Waals surface area contributed by atoms with Gasteiger partial charge in [0.15, 0.2) is 0 Å². The topological polar surface area (TPSA) is 39.1 Å². The summed E-state index contributed by atoms with van der Waals surface area (Å²) < 4.78 is 7.47. The van der Waals surface area contributed by atoms with E-state index in [-0.39, 0.29) is 0 Å². The van der Waals surface area contributed by atoms with E-state index in [4.69, 9.17) is 4.74 Å². The van der Waals surface area contributed by atoms with Crippen LogP contribution in [0.2, 0.25) is 0 Å². The van der Waals surface area contributed by atoms with Crippen molar-refractivity contribution < 1.29 is 4.74 Å². The number of ether oxygens (including phenoxy) is 1. The summed E-state index contributed by atoms with van der Waals surface area (Å²) in [5, 5.41) is 8.00. The van der Waals surface area contributed by atoms with E-state index >= 15 is 0 Å². The monoisotopic (exact) mass is 251 g/mol. The SMILES string of the molecule is CCc1cc(CC(NC)C2CCOCC2)n(C)n1. The molecule has 0 spiro atoms. The third kappa shape index (κ3) is 3.12. The molecule has 1 aliphatic rings. The van der Waals surface area contributed by atoms with Crippen LogP contribution in [0.15, 0.2) is 6.07 Å². The Balaban J connectivity index is 2.02. The van der Waals surface area contributed by atoms with Gasteiger partial charge in [0.2, 0.25) is 0 Å². The molecule has 2 rings (SSSR count). The average Bonchev–Trinajstić information content (AvgIpc) is 2.77. The molecule has 102 valence electrons. The molecular formula is C14H25N3O. The molecule has 2 heterocycles. The molecule has 0 radical (unpaired) electrons. The maximum Gasteiger partial charge on any atom is 0.0624 e. The van der Waals surface area contributed by atoms with E-state index < -0.39 is 0 Å². The predicted molar refractivity (Wildman–Crippen MR) is 72.7 cm³/mol. The molecule has 0 bridgehead atoms. The summed E-state index contributed by atoms with van der Waals surface area (Å²) in [4.78, 5) is 0. The Hall–Kier alpha value is -0.870. The molecule has 1 fully saturated rings. The van der Waals surface area contributed by atoms with Crippen molar-refractivity contribution in [1.29, 1.82) is 0 Å². The fourth-order valence-corrected chi connectivity index (χ4v) is 2.78. The highest BCUT2D eigenvalue weighted by atomic mass is 16.5. The van der Waals surface area contributed by atoms with Crippen molar-refractivity contribution in [2.45, 2.75) is 38.6 Å². The fraction of sp³-hybridized carbons (Fsp3) is 0.786. The molecule has 4 heteroatoms. The van der Waals surface area contributed by atoms with Crippen LogP contribution in [0.3, 0.4) is 0 Å². The summed E-state index contributed by atoms with van der Waals surface area (Å²) in [6.07, 6.45) is 4.41. The van der Waals surface area contributed by atoms with Gasteiger partial charge >= 0.3 is 0 Å². The average molecular weight is 251 g/mol. The Morgan fingerprint density at radius 2 is 2.22 bits per heavy atom. The summed E-state index contributed by atoms with van der Waals surface area (Å²) in [6.45, 7) is 3.98. The Labute approximate surface area is 110 Å². The second-order valence-electron chi connectivity index (χ2n) is 5.15. The van der Waals surface area contributed by atoms with Crippen LogP contribution in [0, 0.1) is 5.92 Å². The van der Waals surface area contributed by atoms with Crippen LogP contribution in [-0.2, 0) is 24.6 Å². The van der Waals surface area contributed by atoms with Crippen LogP contribution >= 0.6 is 0 Å². The summed E-state index contributed by atoms with van der Waals surface area (Å²) in [7, 11) is 4.11. The first-order valence-electron chi connectivity index (χ1n) is 7.01. The number of nitrogens with one attached hydrogen (secondary N) is 1. The Bertz CT molecular complexity index is 369. The van der Waals surface area contributed by atoms with E-state index in [1.165, 1.54) is 24.2 Å². The Kier molecular flexibility index (Phi) is 4.78. The summed E-state index contributed by atoms with van der Waals surface area (Å²) >= 11 is 0. The molecular weight excluding hydrogens is 226 g/mol. The van der Waals surface area contributed by atoms with Crippen LogP contribution in [0.25, 0.3) is 0 Å². The van der Waals surface area contributed by atoms with E-state index in [1.54, 1.807) is 0 Å². The summed E-state index contributed by atoms with van der Waals surface area (Å²) in [6, 6.07) is 2.78. The minimum atomic E-state index is 0.536. The minimum absolute atomic E-state index is 0.536. The van der Waals surface area contributed by atoms with Crippen molar-refractivity contribution in [3.05, 3.63) is 17.5 Å². The highest BCUT2D eigenvalue weighted by Crippen LogP contribution is 2.21. The zero-order chi connectivity index (χ0) is 13.0. The Morgan fingerprint density at radius 1 is 1.50 bits per heavy atom. The van der Waals surface area contributed by atoms with Gasteiger partial charge in [-0.2, -0.15) is 5.10 Å². The van der Waals surface area contributed by atoms with Crippen molar-refractivity contribution in [1.82, 2.24) is 15.1 Å². The standard InChI is InChI=1S/C14H25N3O/c1-4-12-9-13(17(3)16-12)10-14(15-2)11-5-7-18-8-6-11/h9,11,14-15H,4-8,10H2,1-3H3. The first kappa shape index (κ1) is 13.6. The molecule has 1 aromatic heterocycles. The summed E-state index contributed by atoms with van der Waals surface area (Å²) in [5.41, 5.74) is 2.52. The molecule has 1 N–H and O–H groups in total. The fourth-order valence-electron chi connectivity index (χ4n) is 2.78. The van der Waals surface area contributed by atoms with Gasteiger partial charge in [-0.15, -0.1) is 0 Å². The second kappa shape index (κ2) is 6.34.